The molecular weight excluding hydrogens is 244 g/mol. The number of rotatable bonds is 3. The van der Waals surface area contributed by atoms with Crippen LogP contribution in [0.3, 0.4) is 0 Å². The Balaban J connectivity index is 3.10. The van der Waals surface area contributed by atoms with Crippen LogP contribution in [0.2, 0.25) is 0 Å². The number of hydrogen-bond donors (Lipinski definition) is 0. The molecule has 0 bridgehead atoms. The maximum Gasteiger partial charge on any atom is 0.134 e. The van der Waals surface area contributed by atoms with E-state index in [1.54, 1.807) is 14.0 Å². The summed E-state index contributed by atoms with van der Waals surface area (Å²) in [6.07, 6.45) is 0.442. The molecule has 0 N–H and O–H groups in total. The van der Waals surface area contributed by atoms with Gasteiger partial charge in [0.1, 0.15) is 11.5 Å². The van der Waals surface area contributed by atoms with E-state index in [1.165, 1.54) is 0 Å². The third kappa shape index (κ3) is 2.58. The number of ether oxygens (including phenoxy) is 1. The summed E-state index contributed by atoms with van der Waals surface area (Å²) >= 11 is 3.43. The first kappa shape index (κ1) is 11.2. The van der Waals surface area contributed by atoms with Crippen LogP contribution in [0.15, 0.2) is 16.6 Å². The second-order valence-electron chi connectivity index (χ2n) is 3.29. The lowest BCUT2D eigenvalue weighted by molar-refractivity contribution is -0.116. The zero-order valence-electron chi connectivity index (χ0n) is 8.56. The Labute approximate surface area is 92.4 Å². The van der Waals surface area contributed by atoms with E-state index >= 15 is 0 Å². The largest absolute Gasteiger partial charge is 0.496 e. The van der Waals surface area contributed by atoms with Crippen molar-refractivity contribution in [2.45, 2.75) is 20.3 Å². The molecule has 0 amide bonds. The van der Waals surface area contributed by atoms with Crippen molar-refractivity contribution >= 4 is 21.7 Å². The highest BCUT2D eigenvalue weighted by Crippen LogP contribution is 2.27. The van der Waals surface area contributed by atoms with Crippen LogP contribution < -0.4 is 4.74 Å². The SMILES string of the molecule is COc1cc(CC(C)=O)c(Br)cc1C. The van der Waals surface area contributed by atoms with Crippen molar-refractivity contribution in [2.24, 2.45) is 0 Å². The van der Waals surface area contributed by atoms with Gasteiger partial charge >= 0.3 is 0 Å². The topological polar surface area (TPSA) is 26.3 Å². The fourth-order valence-electron chi connectivity index (χ4n) is 1.32. The van der Waals surface area contributed by atoms with E-state index in [2.05, 4.69) is 15.9 Å². The molecule has 0 atom stereocenters. The lowest BCUT2D eigenvalue weighted by atomic mass is 10.1. The van der Waals surface area contributed by atoms with Gasteiger partial charge in [0.15, 0.2) is 0 Å². The van der Waals surface area contributed by atoms with Gasteiger partial charge in [-0.1, -0.05) is 15.9 Å². The van der Waals surface area contributed by atoms with E-state index < -0.39 is 0 Å². The molecule has 0 aromatic heterocycles. The molecule has 0 fully saturated rings. The minimum Gasteiger partial charge on any atom is -0.496 e. The Morgan fingerprint density at radius 1 is 1.50 bits per heavy atom. The van der Waals surface area contributed by atoms with Gasteiger partial charge < -0.3 is 4.74 Å². The molecule has 0 unspecified atom stereocenters. The second kappa shape index (κ2) is 4.60. The fraction of sp³-hybridized carbons (Fsp3) is 0.364. The van der Waals surface area contributed by atoms with Crippen molar-refractivity contribution in [3.05, 3.63) is 27.7 Å². The Bertz CT molecular complexity index is 359. The van der Waals surface area contributed by atoms with E-state index in [1.807, 2.05) is 19.1 Å². The molecule has 0 radical (unpaired) electrons. The van der Waals surface area contributed by atoms with Crippen LogP contribution in [0.1, 0.15) is 18.1 Å². The van der Waals surface area contributed by atoms with Crippen molar-refractivity contribution in [1.82, 2.24) is 0 Å². The van der Waals surface area contributed by atoms with E-state index in [0.29, 0.717) is 6.42 Å². The van der Waals surface area contributed by atoms with Crippen LogP contribution in [0, 0.1) is 6.92 Å². The van der Waals surface area contributed by atoms with Crippen LogP contribution in [0.4, 0.5) is 0 Å². The molecular formula is C11H13BrO2. The van der Waals surface area contributed by atoms with Gasteiger partial charge in [-0.05, 0) is 37.1 Å². The first-order valence-corrected chi connectivity index (χ1v) is 5.16. The zero-order valence-corrected chi connectivity index (χ0v) is 10.1. The second-order valence-corrected chi connectivity index (χ2v) is 4.15. The average molecular weight is 257 g/mol. The summed E-state index contributed by atoms with van der Waals surface area (Å²) < 4.78 is 6.15. The molecule has 1 aromatic carbocycles. The summed E-state index contributed by atoms with van der Waals surface area (Å²) in [5.41, 5.74) is 2.03. The van der Waals surface area contributed by atoms with Crippen LogP contribution in [0.25, 0.3) is 0 Å². The van der Waals surface area contributed by atoms with Crippen molar-refractivity contribution in [2.75, 3.05) is 7.11 Å². The van der Waals surface area contributed by atoms with E-state index in [0.717, 1.165) is 21.3 Å². The summed E-state index contributed by atoms with van der Waals surface area (Å²) in [5.74, 6) is 0.973. The molecule has 0 saturated carbocycles. The van der Waals surface area contributed by atoms with Crippen LogP contribution in [-0.4, -0.2) is 12.9 Å². The molecule has 14 heavy (non-hydrogen) atoms. The number of aryl methyl sites for hydroxylation is 1. The van der Waals surface area contributed by atoms with Gasteiger partial charge in [-0.25, -0.2) is 0 Å². The number of halogens is 1. The van der Waals surface area contributed by atoms with Crippen molar-refractivity contribution < 1.29 is 9.53 Å². The number of methoxy groups -OCH3 is 1. The molecule has 0 spiro atoms. The molecule has 0 heterocycles. The van der Waals surface area contributed by atoms with Crippen molar-refractivity contribution in [1.29, 1.82) is 0 Å². The van der Waals surface area contributed by atoms with E-state index in [9.17, 15) is 4.79 Å². The van der Waals surface area contributed by atoms with Gasteiger partial charge in [0.05, 0.1) is 7.11 Å². The number of carbonyl (C=O) groups excluding carboxylic acids is 1. The molecule has 0 aliphatic rings. The number of carbonyl (C=O) groups is 1. The minimum atomic E-state index is 0.150. The predicted octanol–water partition coefficient (Wildman–Crippen LogP) is 2.90. The van der Waals surface area contributed by atoms with Gasteiger partial charge in [0, 0.05) is 10.9 Å². The fourth-order valence-corrected chi connectivity index (χ4v) is 1.92. The standard InChI is InChI=1S/C11H13BrO2/c1-7-4-10(12)9(5-8(2)13)6-11(7)14-3/h4,6H,5H2,1-3H3. The third-order valence-corrected chi connectivity index (χ3v) is 2.74. The smallest absolute Gasteiger partial charge is 0.134 e. The Morgan fingerprint density at radius 3 is 2.64 bits per heavy atom. The molecule has 0 aliphatic heterocycles. The van der Waals surface area contributed by atoms with Gasteiger partial charge in [0.2, 0.25) is 0 Å². The van der Waals surface area contributed by atoms with E-state index in [4.69, 9.17) is 4.74 Å². The number of ketones is 1. The quantitative estimate of drug-likeness (QED) is 0.832. The van der Waals surface area contributed by atoms with Gasteiger partial charge in [0.25, 0.3) is 0 Å². The maximum atomic E-state index is 11.0. The van der Waals surface area contributed by atoms with Crippen molar-refractivity contribution in [3.63, 3.8) is 0 Å². The number of Topliss-reactive ketones (excluding diaryl/α,β-unsaturated/α-hetero) is 1. The molecule has 0 aliphatic carbocycles. The summed E-state index contributed by atoms with van der Waals surface area (Å²) in [7, 11) is 1.63. The van der Waals surface area contributed by atoms with Crippen molar-refractivity contribution in [3.8, 4) is 5.75 Å². The lowest BCUT2D eigenvalue weighted by Crippen LogP contribution is -1.99. The maximum absolute atomic E-state index is 11.0. The minimum absolute atomic E-state index is 0.150. The molecule has 1 aromatic rings. The van der Waals surface area contributed by atoms with Crippen LogP contribution in [0.5, 0.6) is 5.75 Å². The van der Waals surface area contributed by atoms with E-state index in [-0.39, 0.29) is 5.78 Å². The summed E-state index contributed by atoms with van der Waals surface area (Å²) in [6, 6.07) is 3.87. The van der Waals surface area contributed by atoms with Gasteiger partial charge in [-0.15, -0.1) is 0 Å². The zero-order chi connectivity index (χ0) is 10.7. The third-order valence-electron chi connectivity index (χ3n) is 2.00. The first-order valence-electron chi connectivity index (χ1n) is 4.37. The predicted molar refractivity (Wildman–Crippen MR) is 59.8 cm³/mol. The summed E-state index contributed by atoms with van der Waals surface area (Å²) in [4.78, 5) is 11.0. The van der Waals surface area contributed by atoms with Gasteiger partial charge in [-0.3, -0.25) is 4.79 Å². The van der Waals surface area contributed by atoms with Gasteiger partial charge in [-0.2, -0.15) is 0 Å². The molecule has 1 rings (SSSR count). The van der Waals surface area contributed by atoms with Crippen LogP contribution in [-0.2, 0) is 11.2 Å². The normalized spacial score (nSPS) is 10.0. The molecule has 2 nitrogen and oxygen atoms in total. The Morgan fingerprint density at radius 2 is 2.14 bits per heavy atom. The van der Waals surface area contributed by atoms with Crippen LogP contribution >= 0.6 is 15.9 Å². The highest BCUT2D eigenvalue weighted by Gasteiger charge is 2.07. The number of benzene rings is 1. The monoisotopic (exact) mass is 256 g/mol. The highest BCUT2D eigenvalue weighted by molar-refractivity contribution is 9.10. The highest BCUT2D eigenvalue weighted by atomic mass is 79.9. The molecule has 3 heteroatoms. The Kier molecular flexibility index (Phi) is 3.69. The number of hydrogen-bond acceptors (Lipinski definition) is 2. The summed E-state index contributed by atoms with van der Waals surface area (Å²) in [5, 5.41) is 0. The summed E-state index contributed by atoms with van der Waals surface area (Å²) in [6.45, 7) is 3.56. The first-order chi connectivity index (χ1) is 6.54. The lowest BCUT2D eigenvalue weighted by Gasteiger charge is -2.09. The molecule has 0 saturated heterocycles. The molecule has 76 valence electrons. The average Bonchev–Trinajstić information content (AvgIpc) is 2.09. The Hall–Kier alpha value is -0.830.